The summed E-state index contributed by atoms with van der Waals surface area (Å²) >= 11 is 5.86. The standard InChI is InChI=1S/C18H22ClNO/c1-18(2,3)20-12-14-6-10-17(11-7-14)21-13-15-4-8-16(19)9-5-15/h4-11,20H,12-13H2,1-3H3. The molecule has 2 nitrogen and oxygen atoms in total. The van der Waals surface area contributed by atoms with Gasteiger partial charge in [-0.05, 0) is 56.2 Å². The number of hydrogen-bond donors (Lipinski definition) is 1. The molecule has 2 aromatic rings. The van der Waals surface area contributed by atoms with E-state index in [4.69, 9.17) is 16.3 Å². The van der Waals surface area contributed by atoms with E-state index in [-0.39, 0.29) is 5.54 Å². The Kier molecular flexibility index (Phi) is 5.27. The zero-order chi connectivity index (χ0) is 15.3. The molecule has 1 N–H and O–H groups in total. The van der Waals surface area contributed by atoms with Crippen LogP contribution in [0.4, 0.5) is 0 Å². The van der Waals surface area contributed by atoms with Crippen LogP contribution in [0, 0.1) is 0 Å². The first kappa shape index (κ1) is 15.9. The minimum Gasteiger partial charge on any atom is -0.489 e. The molecule has 0 aliphatic rings. The molecule has 0 aromatic heterocycles. The highest BCUT2D eigenvalue weighted by molar-refractivity contribution is 6.30. The molecule has 0 aliphatic heterocycles. The van der Waals surface area contributed by atoms with Crippen LogP contribution in [0.25, 0.3) is 0 Å². The highest BCUT2D eigenvalue weighted by atomic mass is 35.5. The van der Waals surface area contributed by atoms with Crippen LogP contribution < -0.4 is 10.1 Å². The van der Waals surface area contributed by atoms with Gasteiger partial charge in [-0.3, -0.25) is 0 Å². The van der Waals surface area contributed by atoms with Gasteiger partial charge in [-0.25, -0.2) is 0 Å². The fraction of sp³-hybridized carbons (Fsp3) is 0.333. The number of rotatable bonds is 5. The van der Waals surface area contributed by atoms with Gasteiger partial charge in [0, 0.05) is 17.1 Å². The van der Waals surface area contributed by atoms with Crippen LogP contribution in [0.5, 0.6) is 5.75 Å². The minimum atomic E-state index is 0.129. The van der Waals surface area contributed by atoms with E-state index in [1.165, 1.54) is 5.56 Å². The van der Waals surface area contributed by atoms with Gasteiger partial charge in [-0.15, -0.1) is 0 Å². The second kappa shape index (κ2) is 6.97. The van der Waals surface area contributed by atoms with E-state index in [9.17, 15) is 0 Å². The lowest BCUT2D eigenvalue weighted by Crippen LogP contribution is -2.34. The number of halogens is 1. The fourth-order valence-electron chi connectivity index (χ4n) is 1.82. The van der Waals surface area contributed by atoms with E-state index in [1.54, 1.807) is 0 Å². The Morgan fingerprint density at radius 2 is 1.48 bits per heavy atom. The molecule has 0 unspecified atom stereocenters. The molecule has 0 heterocycles. The van der Waals surface area contributed by atoms with Crippen LogP contribution in [0.1, 0.15) is 31.9 Å². The third-order valence-electron chi connectivity index (χ3n) is 3.06. The van der Waals surface area contributed by atoms with Crippen molar-refractivity contribution in [1.82, 2.24) is 5.32 Å². The van der Waals surface area contributed by atoms with Gasteiger partial charge in [0.15, 0.2) is 0 Å². The molecule has 0 amide bonds. The van der Waals surface area contributed by atoms with E-state index < -0.39 is 0 Å². The fourth-order valence-corrected chi connectivity index (χ4v) is 1.94. The van der Waals surface area contributed by atoms with Crippen LogP contribution in [0.2, 0.25) is 5.02 Å². The van der Waals surface area contributed by atoms with Crippen molar-refractivity contribution in [3.8, 4) is 5.75 Å². The lowest BCUT2D eigenvalue weighted by Gasteiger charge is -2.20. The Hall–Kier alpha value is -1.51. The van der Waals surface area contributed by atoms with Crippen molar-refractivity contribution in [1.29, 1.82) is 0 Å². The summed E-state index contributed by atoms with van der Waals surface area (Å²) < 4.78 is 5.77. The van der Waals surface area contributed by atoms with Crippen molar-refractivity contribution in [3.63, 3.8) is 0 Å². The van der Waals surface area contributed by atoms with E-state index in [1.807, 2.05) is 36.4 Å². The molecule has 0 radical (unpaired) electrons. The Bertz CT molecular complexity index is 555. The maximum atomic E-state index is 5.86. The molecule has 2 rings (SSSR count). The van der Waals surface area contributed by atoms with Crippen molar-refractivity contribution < 1.29 is 4.74 Å². The number of benzene rings is 2. The predicted molar refractivity (Wildman–Crippen MR) is 88.8 cm³/mol. The molecule has 0 aliphatic carbocycles. The lowest BCUT2D eigenvalue weighted by molar-refractivity contribution is 0.306. The van der Waals surface area contributed by atoms with Gasteiger partial charge in [-0.2, -0.15) is 0 Å². The van der Waals surface area contributed by atoms with E-state index >= 15 is 0 Å². The molecule has 112 valence electrons. The van der Waals surface area contributed by atoms with Gasteiger partial charge in [-0.1, -0.05) is 35.9 Å². The zero-order valence-corrected chi connectivity index (χ0v) is 13.6. The van der Waals surface area contributed by atoms with Crippen LogP contribution in [0.3, 0.4) is 0 Å². The molecule has 0 fully saturated rings. The normalized spacial score (nSPS) is 11.4. The molecule has 21 heavy (non-hydrogen) atoms. The summed E-state index contributed by atoms with van der Waals surface area (Å²) in [6.45, 7) is 7.90. The third-order valence-corrected chi connectivity index (χ3v) is 3.32. The molecule has 0 spiro atoms. The molecule has 0 saturated heterocycles. The molecule has 0 atom stereocenters. The quantitative estimate of drug-likeness (QED) is 0.856. The van der Waals surface area contributed by atoms with Gasteiger partial charge in [0.1, 0.15) is 12.4 Å². The SMILES string of the molecule is CC(C)(C)NCc1ccc(OCc2ccc(Cl)cc2)cc1. The molecule has 3 heteroatoms. The van der Waals surface area contributed by atoms with Crippen LogP contribution in [0.15, 0.2) is 48.5 Å². The van der Waals surface area contributed by atoms with Crippen molar-refractivity contribution in [2.75, 3.05) is 0 Å². The smallest absolute Gasteiger partial charge is 0.119 e. The second-order valence-electron chi connectivity index (χ2n) is 6.16. The monoisotopic (exact) mass is 303 g/mol. The number of ether oxygens (including phenoxy) is 1. The topological polar surface area (TPSA) is 21.3 Å². The number of nitrogens with one attached hydrogen (secondary N) is 1. The summed E-state index contributed by atoms with van der Waals surface area (Å²) in [5.41, 5.74) is 2.49. The van der Waals surface area contributed by atoms with Gasteiger partial charge in [0.25, 0.3) is 0 Å². The van der Waals surface area contributed by atoms with Gasteiger partial charge >= 0.3 is 0 Å². The Balaban J connectivity index is 1.86. The van der Waals surface area contributed by atoms with Crippen LogP contribution in [-0.4, -0.2) is 5.54 Å². The number of hydrogen-bond acceptors (Lipinski definition) is 2. The first-order valence-electron chi connectivity index (χ1n) is 7.14. The maximum Gasteiger partial charge on any atom is 0.119 e. The third kappa shape index (κ3) is 5.78. The average molecular weight is 304 g/mol. The zero-order valence-electron chi connectivity index (χ0n) is 12.8. The average Bonchev–Trinajstić information content (AvgIpc) is 2.45. The highest BCUT2D eigenvalue weighted by Gasteiger charge is 2.08. The summed E-state index contributed by atoms with van der Waals surface area (Å²) in [5, 5.41) is 4.21. The predicted octanol–water partition coefficient (Wildman–Crippen LogP) is 4.81. The largest absolute Gasteiger partial charge is 0.489 e. The summed E-state index contributed by atoms with van der Waals surface area (Å²) in [6, 6.07) is 15.9. The van der Waals surface area contributed by atoms with Gasteiger partial charge in [0.05, 0.1) is 0 Å². The van der Waals surface area contributed by atoms with Crippen molar-refractivity contribution >= 4 is 11.6 Å². The van der Waals surface area contributed by atoms with E-state index in [0.717, 1.165) is 22.9 Å². The summed E-state index contributed by atoms with van der Waals surface area (Å²) in [7, 11) is 0. The van der Waals surface area contributed by atoms with Crippen LogP contribution >= 0.6 is 11.6 Å². The highest BCUT2D eigenvalue weighted by Crippen LogP contribution is 2.16. The first-order chi connectivity index (χ1) is 9.92. The minimum absolute atomic E-state index is 0.129. The first-order valence-corrected chi connectivity index (χ1v) is 7.51. The summed E-state index contributed by atoms with van der Waals surface area (Å²) in [4.78, 5) is 0. The lowest BCUT2D eigenvalue weighted by atomic mass is 10.1. The Labute approximate surface area is 132 Å². The van der Waals surface area contributed by atoms with E-state index in [2.05, 4.69) is 38.2 Å². The Morgan fingerprint density at radius 3 is 2.05 bits per heavy atom. The molecule has 2 aromatic carbocycles. The second-order valence-corrected chi connectivity index (χ2v) is 6.60. The van der Waals surface area contributed by atoms with Gasteiger partial charge in [0.2, 0.25) is 0 Å². The van der Waals surface area contributed by atoms with Crippen molar-refractivity contribution in [3.05, 3.63) is 64.7 Å². The summed E-state index contributed by atoms with van der Waals surface area (Å²) in [5.74, 6) is 0.879. The van der Waals surface area contributed by atoms with Gasteiger partial charge < -0.3 is 10.1 Å². The van der Waals surface area contributed by atoms with Crippen LogP contribution in [-0.2, 0) is 13.2 Å². The van der Waals surface area contributed by atoms with E-state index in [0.29, 0.717) is 6.61 Å². The van der Waals surface area contributed by atoms with Crippen molar-refractivity contribution in [2.24, 2.45) is 0 Å². The Morgan fingerprint density at radius 1 is 0.905 bits per heavy atom. The summed E-state index contributed by atoms with van der Waals surface area (Å²) in [6.07, 6.45) is 0. The molecule has 0 saturated carbocycles. The molecule has 0 bridgehead atoms. The maximum absolute atomic E-state index is 5.86. The molecular weight excluding hydrogens is 282 g/mol. The van der Waals surface area contributed by atoms with Crippen molar-refractivity contribution in [2.45, 2.75) is 39.5 Å². The molecular formula is C18H22ClNO.